The van der Waals surface area contributed by atoms with Gasteiger partial charge in [-0.2, -0.15) is 0 Å². The highest BCUT2D eigenvalue weighted by molar-refractivity contribution is 6.31. The summed E-state index contributed by atoms with van der Waals surface area (Å²) in [6.45, 7) is 3.22. The molecule has 0 aliphatic heterocycles. The van der Waals surface area contributed by atoms with Crippen molar-refractivity contribution in [1.82, 2.24) is 0 Å². The van der Waals surface area contributed by atoms with Crippen LogP contribution in [0.5, 0.6) is 5.75 Å². The van der Waals surface area contributed by atoms with E-state index in [0.29, 0.717) is 11.1 Å². The van der Waals surface area contributed by atoms with Crippen molar-refractivity contribution in [3.8, 4) is 5.75 Å². The zero-order valence-electron chi connectivity index (χ0n) is 8.01. The topological polar surface area (TPSA) is 40.5 Å². The SMILES string of the molecule is Cc1c(Cl)cc(F)c(O)c1C(C)CO. The molecule has 0 fully saturated rings. The van der Waals surface area contributed by atoms with Crippen molar-refractivity contribution in [2.24, 2.45) is 0 Å². The Balaban J connectivity index is 3.39. The number of aliphatic hydroxyl groups is 1. The fourth-order valence-electron chi connectivity index (χ4n) is 1.42. The van der Waals surface area contributed by atoms with Crippen LogP contribution in [0.2, 0.25) is 5.02 Å². The fraction of sp³-hybridized carbons (Fsp3) is 0.400. The summed E-state index contributed by atoms with van der Waals surface area (Å²) in [5, 5.41) is 18.7. The van der Waals surface area contributed by atoms with E-state index >= 15 is 0 Å². The zero-order chi connectivity index (χ0) is 10.9. The molecule has 0 spiro atoms. The Morgan fingerprint density at radius 1 is 1.57 bits per heavy atom. The predicted molar refractivity (Wildman–Crippen MR) is 53.3 cm³/mol. The molecule has 2 N–H and O–H groups in total. The molecule has 1 atom stereocenters. The number of halogens is 2. The van der Waals surface area contributed by atoms with Crippen LogP contribution in [0.3, 0.4) is 0 Å². The summed E-state index contributed by atoms with van der Waals surface area (Å²) >= 11 is 5.76. The zero-order valence-corrected chi connectivity index (χ0v) is 8.77. The Labute approximate surface area is 86.9 Å². The van der Waals surface area contributed by atoms with Gasteiger partial charge in [0, 0.05) is 23.1 Å². The molecule has 14 heavy (non-hydrogen) atoms. The van der Waals surface area contributed by atoms with Crippen LogP contribution in [0.15, 0.2) is 6.07 Å². The maximum atomic E-state index is 13.1. The summed E-state index contributed by atoms with van der Waals surface area (Å²) in [6, 6.07) is 1.07. The van der Waals surface area contributed by atoms with Gasteiger partial charge in [0.1, 0.15) is 0 Å². The molecule has 1 aromatic carbocycles. The van der Waals surface area contributed by atoms with Crippen LogP contribution in [0.1, 0.15) is 24.0 Å². The third kappa shape index (κ3) is 1.83. The molecule has 0 saturated heterocycles. The van der Waals surface area contributed by atoms with Gasteiger partial charge in [-0.25, -0.2) is 4.39 Å². The lowest BCUT2D eigenvalue weighted by Crippen LogP contribution is -2.03. The van der Waals surface area contributed by atoms with Crippen LogP contribution >= 0.6 is 11.6 Å². The standard InChI is InChI=1S/C10H12ClFO2/c1-5(4-13)9-6(2)7(11)3-8(12)10(9)14/h3,5,13-14H,4H2,1-2H3. The lowest BCUT2D eigenvalue weighted by atomic mass is 9.96. The van der Waals surface area contributed by atoms with Crippen molar-refractivity contribution in [2.45, 2.75) is 19.8 Å². The van der Waals surface area contributed by atoms with Crippen molar-refractivity contribution < 1.29 is 14.6 Å². The van der Waals surface area contributed by atoms with E-state index in [1.807, 2.05) is 0 Å². The van der Waals surface area contributed by atoms with Crippen molar-refractivity contribution >= 4 is 11.6 Å². The first-order chi connectivity index (χ1) is 6.49. The minimum Gasteiger partial charge on any atom is -0.505 e. The number of benzene rings is 1. The molecular formula is C10H12ClFO2. The monoisotopic (exact) mass is 218 g/mol. The molecular weight excluding hydrogens is 207 g/mol. The molecule has 2 nitrogen and oxygen atoms in total. The number of hydrogen-bond donors (Lipinski definition) is 2. The highest BCUT2D eigenvalue weighted by Crippen LogP contribution is 2.35. The van der Waals surface area contributed by atoms with Crippen LogP contribution in [-0.2, 0) is 0 Å². The van der Waals surface area contributed by atoms with Gasteiger partial charge in [-0.15, -0.1) is 0 Å². The van der Waals surface area contributed by atoms with Crippen molar-refractivity contribution in [1.29, 1.82) is 0 Å². The Bertz CT molecular complexity index is 326. The van der Waals surface area contributed by atoms with Gasteiger partial charge in [0.15, 0.2) is 11.6 Å². The second-order valence-electron chi connectivity index (χ2n) is 3.31. The predicted octanol–water partition coefficient (Wildman–Crippen LogP) is 2.59. The highest BCUT2D eigenvalue weighted by Gasteiger charge is 2.18. The summed E-state index contributed by atoms with van der Waals surface area (Å²) in [6.07, 6.45) is 0. The van der Waals surface area contributed by atoms with Crippen molar-refractivity contribution in [2.75, 3.05) is 6.61 Å². The summed E-state index contributed by atoms with van der Waals surface area (Å²) in [5.41, 5.74) is 0.976. The molecule has 0 bridgehead atoms. The van der Waals surface area contributed by atoms with E-state index in [0.717, 1.165) is 6.07 Å². The van der Waals surface area contributed by atoms with Gasteiger partial charge in [-0.1, -0.05) is 18.5 Å². The Kier molecular flexibility index (Phi) is 3.34. The molecule has 78 valence electrons. The molecule has 0 aromatic heterocycles. The second kappa shape index (κ2) is 4.15. The van der Waals surface area contributed by atoms with Gasteiger partial charge < -0.3 is 10.2 Å². The molecule has 0 aliphatic rings. The third-order valence-electron chi connectivity index (χ3n) is 2.26. The van der Waals surface area contributed by atoms with E-state index in [4.69, 9.17) is 16.7 Å². The first-order valence-electron chi connectivity index (χ1n) is 4.27. The fourth-order valence-corrected chi connectivity index (χ4v) is 1.61. The van der Waals surface area contributed by atoms with Crippen LogP contribution in [0.4, 0.5) is 4.39 Å². The van der Waals surface area contributed by atoms with E-state index in [-0.39, 0.29) is 17.5 Å². The minimum absolute atomic E-state index is 0.159. The van der Waals surface area contributed by atoms with Gasteiger partial charge in [0.05, 0.1) is 0 Å². The normalized spacial score (nSPS) is 12.9. The molecule has 0 saturated carbocycles. The Morgan fingerprint density at radius 3 is 2.64 bits per heavy atom. The summed E-state index contributed by atoms with van der Waals surface area (Å²) in [4.78, 5) is 0. The smallest absolute Gasteiger partial charge is 0.166 e. The maximum absolute atomic E-state index is 13.1. The maximum Gasteiger partial charge on any atom is 0.166 e. The van der Waals surface area contributed by atoms with E-state index in [9.17, 15) is 9.50 Å². The van der Waals surface area contributed by atoms with Crippen molar-refractivity contribution in [3.05, 3.63) is 28.0 Å². The Hall–Kier alpha value is -0.800. The molecule has 1 aromatic rings. The van der Waals surface area contributed by atoms with E-state index in [1.54, 1.807) is 13.8 Å². The van der Waals surface area contributed by atoms with E-state index < -0.39 is 11.6 Å². The molecule has 1 unspecified atom stereocenters. The van der Waals surface area contributed by atoms with Crippen LogP contribution in [-0.4, -0.2) is 16.8 Å². The molecule has 0 aliphatic carbocycles. The Morgan fingerprint density at radius 2 is 2.14 bits per heavy atom. The number of aromatic hydroxyl groups is 1. The average molecular weight is 219 g/mol. The van der Waals surface area contributed by atoms with Gasteiger partial charge in [0.25, 0.3) is 0 Å². The lowest BCUT2D eigenvalue weighted by molar-refractivity contribution is 0.269. The number of phenols is 1. The van der Waals surface area contributed by atoms with Gasteiger partial charge >= 0.3 is 0 Å². The number of hydrogen-bond acceptors (Lipinski definition) is 2. The first-order valence-corrected chi connectivity index (χ1v) is 4.65. The quantitative estimate of drug-likeness (QED) is 0.801. The number of rotatable bonds is 2. The molecule has 1 rings (SSSR count). The largest absolute Gasteiger partial charge is 0.505 e. The average Bonchev–Trinajstić information content (AvgIpc) is 2.15. The number of phenolic OH excluding ortho intramolecular Hbond substituents is 1. The minimum atomic E-state index is -0.754. The van der Waals surface area contributed by atoms with E-state index in [1.165, 1.54) is 0 Å². The summed E-state index contributed by atoms with van der Waals surface area (Å²) < 4.78 is 13.1. The van der Waals surface area contributed by atoms with Crippen LogP contribution in [0, 0.1) is 12.7 Å². The summed E-state index contributed by atoms with van der Waals surface area (Å²) in [7, 11) is 0. The van der Waals surface area contributed by atoms with Gasteiger partial charge in [-0.05, 0) is 18.6 Å². The second-order valence-corrected chi connectivity index (χ2v) is 3.72. The lowest BCUT2D eigenvalue weighted by Gasteiger charge is -2.15. The highest BCUT2D eigenvalue weighted by atomic mass is 35.5. The molecule has 4 heteroatoms. The van der Waals surface area contributed by atoms with Crippen LogP contribution in [0.25, 0.3) is 0 Å². The molecule has 0 radical (unpaired) electrons. The van der Waals surface area contributed by atoms with E-state index in [2.05, 4.69) is 0 Å². The first kappa shape index (κ1) is 11.3. The van der Waals surface area contributed by atoms with Crippen molar-refractivity contribution in [3.63, 3.8) is 0 Å². The molecule has 0 heterocycles. The summed E-state index contributed by atoms with van der Waals surface area (Å²) in [5.74, 6) is -1.51. The molecule has 0 amide bonds. The number of aliphatic hydroxyl groups excluding tert-OH is 1. The van der Waals surface area contributed by atoms with Crippen LogP contribution < -0.4 is 0 Å². The third-order valence-corrected chi connectivity index (χ3v) is 2.66. The van der Waals surface area contributed by atoms with Gasteiger partial charge in [0.2, 0.25) is 0 Å². The van der Waals surface area contributed by atoms with Gasteiger partial charge in [-0.3, -0.25) is 0 Å².